The topological polar surface area (TPSA) is 39.2 Å². The summed E-state index contributed by atoms with van der Waals surface area (Å²) in [5, 5.41) is 0. The first-order valence-electron chi connectivity index (χ1n) is 6.75. The number of aromatic nitrogens is 1. The molecule has 3 nitrogen and oxygen atoms in total. The monoisotopic (exact) mass is 361 g/mol. The molecule has 0 aliphatic rings. The van der Waals surface area contributed by atoms with E-state index in [1.54, 1.807) is 6.92 Å². The van der Waals surface area contributed by atoms with E-state index < -0.39 is 22.7 Å². The fraction of sp³-hybridized carbons (Fsp3) is 0.333. The van der Waals surface area contributed by atoms with Crippen LogP contribution in [-0.4, -0.2) is 17.6 Å². The number of halogens is 3. The van der Waals surface area contributed by atoms with Crippen molar-refractivity contribution >= 4 is 29.1 Å². The van der Waals surface area contributed by atoms with E-state index in [0.717, 1.165) is 11.1 Å². The summed E-state index contributed by atoms with van der Waals surface area (Å²) in [6, 6.07) is 7.61. The molecule has 0 saturated carbocycles. The lowest BCUT2D eigenvalue weighted by atomic mass is 10.1. The first-order valence-corrected chi connectivity index (χ1v) is 8.55. The van der Waals surface area contributed by atoms with Crippen LogP contribution in [0.15, 0.2) is 28.6 Å². The smallest absolute Gasteiger partial charge is 0.435 e. The van der Waals surface area contributed by atoms with E-state index >= 15 is 0 Å². The predicted octanol–water partition coefficient (Wildman–Crippen LogP) is 4.94. The minimum Gasteiger partial charge on any atom is -0.462 e. The first-order chi connectivity index (χ1) is 10.8. The number of thiazole rings is 1. The van der Waals surface area contributed by atoms with E-state index in [0.29, 0.717) is 17.1 Å². The standard InChI is InChI=1S/C15H14F3NO2S2/c1-3-21-13(20)11-12(15(16,17)18)19-14(23-11)22-8-10-7-5-4-6-9(10)2/h4-7H,3,8H2,1-2H3. The van der Waals surface area contributed by atoms with Crippen molar-refractivity contribution in [3.05, 3.63) is 46.0 Å². The molecule has 0 N–H and O–H groups in total. The SMILES string of the molecule is CCOC(=O)c1sc(SCc2ccccc2C)nc1C(F)(F)F. The molecule has 0 bridgehead atoms. The van der Waals surface area contributed by atoms with Gasteiger partial charge in [0, 0.05) is 5.75 Å². The van der Waals surface area contributed by atoms with Crippen LogP contribution in [0.1, 0.15) is 33.4 Å². The quantitative estimate of drug-likeness (QED) is 0.559. The second-order valence-corrected chi connectivity index (χ2v) is 6.81. The van der Waals surface area contributed by atoms with Crippen LogP contribution in [-0.2, 0) is 16.7 Å². The van der Waals surface area contributed by atoms with Gasteiger partial charge in [-0.1, -0.05) is 36.0 Å². The maximum atomic E-state index is 13.0. The van der Waals surface area contributed by atoms with Gasteiger partial charge in [-0.25, -0.2) is 9.78 Å². The first kappa shape index (κ1) is 17.8. The van der Waals surface area contributed by atoms with Crippen LogP contribution >= 0.6 is 23.1 Å². The van der Waals surface area contributed by atoms with Crippen molar-refractivity contribution < 1.29 is 22.7 Å². The molecule has 0 aliphatic carbocycles. The third-order valence-electron chi connectivity index (χ3n) is 2.95. The molecule has 124 valence electrons. The molecule has 0 spiro atoms. The molecule has 0 unspecified atom stereocenters. The van der Waals surface area contributed by atoms with Crippen LogP contribution in [0.4, 0.5) is 13.2 Å². The molecule has 2 rings (SSSR count). The molecule has 1 aromatic carbocycles. The Bertz CT molecular complexity index is 698. The van der Waals surface area contributed by atoms with Crippen LogP contribution in [0.3, 0.4) is 0 Å². The summed E-state index contributed by atoms with van der Waals surface area (Å²) in [6.07, 6.45) is -4.68. The van der Waals surface area contributed by atoms with E-state index in [1.807, 2.05) is 31.2 Å². The van der Waals surface area contributed by atoms with Gasteiger partial charge in [-0.05, 0) is 25.0 Å². The van der Waals surface area contributed by atoms with Gasteiger partial charge in [-0.15, -0.1) is 11.3 Å². The molecule has 1 aromatic heterocycles. The van der Waals surface area contributed by atoms with E-state index in [9.17, 15) is 18.0 Å². The summed E-state index contributed by atoms with van der Waals surface area (Å²) in [6.45, 7) is 3.49. The molecule has 0 aliphatic heterocycles. The molecule has 0 fully saturated rings. The zero-order valence-electron chi connectivity index (χ0n) is 12.4. The van der Waals surface area contributed by atoms with E-state index in [-0.39, 0.29) is 10.9 Å². The fourth-order valence-corrected chi connectivity index (χ4v) is 3.93. The van der Waals surface area contributed by atoms with Crippen molar-refractivity contribution in [2.24, 2.45) is 0 Å². The molecule has 8 heteroatoms. The number of carbonyl (C=O) groups is 1. The Labute approximate surface area is 139 Å². The van der Waals surface area contributed by atoms with Gasteiger partial charge >= 0.3 is 12.1 Å². The van der Waals surface area contributed by atoms with Crippen LogP contribution in [0.5, 0.6) is 0 Å². The summed E-state index contributed by atoms with van der Waals surface area (Å²) in [4.78, 5) is 14.8. The van der Waals surface area contributed by atoms with Crippen molar-refractivity contribution in [3.63, 3.8) is 0 Å². The molecular weight excluding hydrogens is 347 g/mol. The van der Waals surface area contributed by atoms with E-state index in [2.05, 4.69) is 9.72 Å². The lowest BCUT2D eigenvalue weighted by molar-refractivity contribution is -0.141. The van der Waals surface area contributed by atoms with Crippen molar-refractivity contribution in [1.29, 1.82) is 0 Å². The second kappa shape index (κ2) is 7.35. The predicted molar refractivity (Wildman–Crippen MR) is 83.8 cm³/mol. The summed E-state index contributed by atoms with van der Waals surface area (Å²) in [7, 11) is 0. The highest BCUT2D eigenvalue weighted by Gasteiger charge is 2.40. The Kier molecular flexibility index (Phi) is 5.69. The number of thioether (sulfide) groups is 1. The lowest BCUT2D eigenvalue weighted by Gasteiger charge is -2.05. The Hall–Kier alpha value is -1.54. The van der Waals surface area contributed by atoms with Gasteiger partial charge in [0.1, 0.15) is 4.88 Å². The molecule has 0 amide bonds. The summed E-state index contributed by atoms with van der Waals surface area (Å²) >= 11 is 1.89. The summed E-state index contributed by atoms with van der Waals surface area (Å²) in [5.74, 6) is -0.500. The largest absolute Gasteiger partial charge is 0.462 e. The number of ether oxygens (including phenoxy) is 1. The van der Waals surface area contributed by atoms with Crippen molar-refractivity contribution in [1.82, 2.24) is 4.98 Å². The fourth-order valence-electron chi connectivity index (χ4n) is 1.80. The zero-order chi connectivity index (χ0) is 17.0. The molecule has 2 aromatic rings. The Morgan fingerprint density at radius 3 is 2.65 bits per heavy atom. The lowest BCUT2D eigenvalue weighted by Crippen LogP contribution is -2.13. The normalized spacial score (nSPS) is 11.5. The number of aryl methyl sites for hydroxylation is 1. The Morgan fingerprint density at radius 1 is 1.35 bits per heavy atom. The van der Waals surface area contributed by atoms with Gasteiger partial charge in [0.2, 0.25) is 0 Å². The van der Waals surface area contributed by atoms with Gasteiger partial charge in [-0.3, -0.25) is 0 Å². The number of alkyl halides is 3. The minimum absolute atomic E-state index is 0.0136. The summed E-state index contributed by atoms with van der Waals surface area (Å²) < 4.78 is 43.9. The van der Waals surface area contributed by atoms with Gasteiger partial charge in [0.05, 0.1) is 6.61 Å². The number of nitrogens with zero attached hydrogens (tertiary/aromatic N) is 1. The maximum Gasteiger partial charge on any atom is 0.435 e. The van der Waals surface area contributed by atoms with Gasteiger partial charge in [-0.2, -0.15) is 13.2 Å². The molecule has 1 heterocycles. The Balaban J connectivity index is 2.23. The van der Waals surface area contributed by atoms with Crippen molar-refractivity contribution in [3.8, 4) is 0 Å². The molecule has 0 atom stereocenters. The van der Waals surface area contributed by atoms with Gasteiger partial charge in [0.25, 0.3) is 0 Å². The maximum absolute atomic E-state index is 13.0. The minimum atomic E-state index is -4.68. The number of esters is 1. The average molecular weight is 361 g/mol. The number of benzene rings is 1. The number of carbonyl (C=O) groups excluding carboxylic acids is 1. The van der Waals surface area contributed by atoms with Crippen LogP contribution in [0.25, 0.3) is 0 Å². The number of hydrogen-bond acceptors (Lipinski definition) is 5. The van der Waals surface area contributed by atoms with Crippen LogP contribution in [0, 0.1) is 6.92 Å². The van der Waals surface area contributed by atoms with Crippen LogP contribution < -0.4 is 0 Å². The second-order valence-electron chi connectivity index (χ2n) is 4.59. The molecule has 0 saturated heterocycles. The third kappa shape index (κ3) is 4.48. The van der Waals surface area contributed by atoms with Gasteiger partial charge in [0.15, 0.2) is 10.0 Å². The number of rotatable bonds is 5. The highest BCUT2D eigenvalue weighted by molar-refractivity contribution is 8.00. The molecular formula is C15H14F3NO2S2. The van der Waals surface area contributed by atoms with E-state index in [1.165, 1.54) is 11.8 Å². The van der Waals surface area contributed by atoms with Crippen molar-refractivity contribution in [2.45, 2.75) is 30.1 Å². The zero-order valence-corrected chi connectivity index (χ0v) is 14.1. The highest BCUT2D eigenvalue weighted by atomic mass is 32.2. The Morgan fingerprint density at radius 2 is 2.04 bits per heavy atom. The van der Waals surface area contributed by atoms with Crippen molar-refractivity contribution in [2.75, 3.05) is 6.61 Å². The van der Waals surface area contributed by atoms with E-state index in [4.69, 9.17) is 0 Å². The molecule has 23 heavy (non-hydrogen) atoms. The van der Waals surface area contributed by atoms with Gasteiger partial charge < -0.3 is 4.74 Å². The number of hydrogen-bond donors (Lipinski definition) is 0. The molecule has 0 radical (unpaired) electrons. The highest BCUT2D eigenvalue weighted by Crippen LogP contribution is 2.38. The third-order valence-corrected chi connectivity index (χ3v) is 5.18. The van der Waals surface area contributed by atoms with Crippen LogP contribution in [0.2, 0.25) is 0 Å². The summed E-state index contributed by atoms with van der Waals surface area (Å²) in [5.41, 5.74) is 0.894. The average Bonchev–Trinajstić information content (AvgIpc) is 2.91.